The summed E-state index contributed by atoms with van der Waals surface area (Å²) >= 11 is 0. The van der Waals surface area contributed by atoms with Crippen molar-refractivity contribution >= 4 is 16.7 Å². The Morgan fingerprint density at radius 2 is 1.75 bits per heavy atom. The van der Waals surface area contributed by atoms with Crippen molar-refractivity contribution in [2.75, 3.05) is 18.1 Å². The fourth-order valence-electron chi connectivity index (χ4n) is 3.18. The summed E-state index contributed by atoms with van der Waals surface area (Å²) in [4.78, 5) is 12.0. The third-order valence-electron chi connectivity index (χ3n) is 4.29. The lowest BCUT2D eigenvalue weighted by Gasteiger charge is -2.16. The summed E-state index contributed by atoms with van der Waals surface area (Å²) in [7, 11) is -1.18. The van der Waals surface area contributed by atoms with Crippen LogP contribution in [0.15, 0.2) is 18.2 Å². The number of ether oxygens (including phenoxy) is 1. The van der Waals surface area contributed by atoms with Gasteiger partial charge in [0, 0.05) is 16.8 Å². The minimum absolute atomic E-state index is 0.0761. The number of nitrogens with one attached hydrogen (secondary N) is 1. The van der Waals surface area contributed by atoms with Gasteiger partial charge in [-0.05, 0) is 49.9 Å². The van der Waals surface area contributed by atoms with E-state index in [-0.39, 0.29) is 17.7 Å². The normalized spacial score (nSPS) is 17.1. The molecule has 4 nitrogen and oxygen atoms in total. The summed E-state index contributed by atoms with van der Waals surface area (Å²) in [6.45, 7) is 4.41. The molecule has 1 aliphatic carbocycles. The van der Waals surface area contributed by atoms with Crippen LogP contribution in [-0.4, -0.2) is 34.3 Å². The molecular formula is C19H29NO3S. The SMILES string of the molecule is Cc1cc(C)cc(OCCS(=O)CC(=O)NC2CCCCCC2)c1. The molecule has 0 aliphatic heterocycles. The van der Waals surface area contributed by atoms with Crippen LogP contribution in [0, 0.1) is 13.8 Å². The van der Waals surface area contributed by atoms with Gasteiger partial charge in [-0.2, -0.15) is 0 Å². The summed E-state index contributed by atoms with van der Waals surface area (Å²) in [6, 6.07) is 6.29. The van der Waals surface area contributed by atoms with Gasteiger partial charge in [0.25, 0.3) is 0 Å². The van der Waals surface area contributed by atoms with Gasteiger partial charge >= 0.3 is 0 Å². The molecule has 0 radical (unpaired) electrons. The van der Waals surface area contributed by atoms with Crippen LogP contribution in [0.3, 0.4) is 0 Å². The predicted octanol–water partition coefficient (Wildman–Crippen LogP) is 3.27. The van der Waals surface area contributed by atoms with E-state index in [1.54, 1.807) is 0 Å². The van der Waals surface area contributed by atoms with E-state index >= 15 is 0 Å². The molecule has 1 aliphatic rings. The van der Waals surface area contributed by atoms with E-state index in [9.17, 15) is 9.00 Å². The fourth-order valence-corrected chi connectivity index (χ4v) is 3.97. The second-order valence-corrected chi connectivity index (χ2v) is 8.29. The Bertz CT molecular complexity index is 545. The quantitative estimate of drug-likeness (QED) is 0.767. The first-order chi connectivity index (χ1) is 11.5. The molecule has 1 fully saturated rings. The Labute approximate surface area is 147 Å². The number of aryl methyl sites for hydroxylation is 2. The minimum Gasteiger partial charge on any atom is -0.493 e. The third kappa shape index (κ3) is 7.04. The zero-order valence-electron chi connectivity index (χ0n) is 14.8. The Morgan fingerprint density at radius 1 is 1.12 bits per heavy atom. The Balaban J connectivity index is 1.67. The lowest BCUT2D eigenvalue weighted by atomic mass is 10.1. The first-order valence-corrected chi connectivity index (χ1v) is 10.4. The zero-order chi connectivity index (χ0) is 17.4. The van der Waals surface area contributed by atoms with Crippen molar-refractivity contribution in [2.24, 2.45) is 0 Å². The van der Waals surface area contributed by atoms with Crippen molar-refractivity contribution < 1.29 is 13.7 Å². The Kier molecular flexibility index (Phi) is 7.76. The van der Waals surface area contributed by atoms with Gasteiger partial charge in [0.1, 0.15) is 11.5 Å². The second-order valence-electron chi connectivity index (χ2n) is 6.72. The molecule has 0 heterocycles. The average molecular weight is 352 g/mol. The molecule has 2 rings (SSSR count). The standard InChI is InChI=1S/C19H29NO3S/c1-15-11-16(2)13-18(12-15)23-9-10-24(22)14-19(21)20-17-7-5-3-4-6-8-17/h11-13,17H,3-10,14H2,1-2H3,(H,20,21). The van der Waals surface area contributed by atoms with E-state index in [0.29, 0.717) is 12.4 Å². The van der Waals surface area contributed by atoms with E-state index in [4.69, 9.17) is 4.74 Å². The van der Waals surface area contributed by atoms with Crippen LogP contribution in [0.25, 0.3) is 0 Å². The van der Waals surface area contributed by atoms with Gasteiger partial charge in [-0.3, -0.25) is 9.00 Å². The molecule has 1 aromatic rings. The molecule has 134 valence electrons. The van der Waals surface area contributed by atoms with Crippen molar-refractivity contribution in [3.8, 4) is 5.75 Å². The van der Waals surface area contributed by atoms with Gasteiger partial charge < -0.3 is 10.1 Å². The summed E-state index contributed by atoms with van der Waals surface area (Å²) < 4.78 is 17.7. The number of hydrogen-bond acceptors (Lipinski definition) is 3. The maximum absolute atomic E-state index is 12.1. The number of amides is 1. The highest BCUT2D eigenvalue weighted by atomic mass is 32.2. The van der Waals surface area contributed by atoms with Gasteiger partial charge in [-0.15, -0.1) is 0 Å². The molecule has 1 unspecified atom stereocenters. The molecule has 1 aromatic carbocycles. The van der Waals surface area contributed by atoms with Crippen molar-refractivity contribution in [3.63, 3.8) is 0 Å². The number of rotatable bonds is 7. The summed E-state index contributed by atoms with van der Waals surface area (Å²) in [5.41, 5.74) is 2.29. The number of carbonyl (C=O) groups excluding carboxylic acids is 1. The van der Waals surface area contributed by atoms with Gasteiger partial charge in [0.2, 0.25) is 5.91 Å². The van der Waals surface area contributed by atoms with E-state index in [1.165, 1.54) is 25.7 Å². The molecule has 0 bridgehead atoms. The number of benzene rings is 1. The lowest BCUT2D eigenvalue weighted by Crippen LogP contribution is -2.37. The Hall–Kier alpha value is -1.36. The molecular weight excluding hydrogens is 322 g/mol. The van der Waals surface area contributed by atoms with Gasteiger partial charge in [0.15, 0.2) is 0 Å². The number of carbonyl (C=O) groups is 1. The summed E-state index contributed by atoms with van der Waals surface area (Å²) in [5.74, 6) is 1.16. The zero-order valence-corrected chi connectivity index (χ0v) is 15.6. The smallest absolute Gasteiger partial charge is 0.232 e. The van der Waals surface area contributed by atoms with E-state index < -0.39 is 10.8 Å². The average Bonchev–Trinajstić information content (AvgIpc) is 2.74. The molecule has 1 atom stereocenters. The van der Waals surface area contributed by atoms with Crippen LogP contribution in [0.1, 0.15) is 49.7 Å². The highest BCUT2D eigenvalue weighted by Crippen LogP contribution is 2.17. The molecule has 0 aromatic heterocycles. The third-order valence-corrected chi connectivity index (χ3v) is 5.49. The second kappa shape index (κ2) is 9.82. The van der Waals surface area contributed by atoms with Crippen LogP contribution in [0.5, 0.6) is 5.75 Å². The molecule has 0 spiro atoms. The highest BCUT2D eigenvalue weighted by Gasteiger charge is 2.16. The maximum atomic E-state index is 12.1. The monoisotopic (exact) mass is 351 g/mol. The highest BCUT2D eigenvalue weighted by molar-refractivity contribution is 7.85. The molecule has 0 saturated heterocycles. The van der Waals surface area contributed by atoms with Gasteiger partial charge in [-0.1, -0.05) is 31.7 Å². The van der Waals surface area contributed by atoms with Crippen LogP contribution >= 0.6 is 0 Å². The summed E-state index contributed by atoms with van der Waals surface area (Å²) in [6.07, 6.45) is 6.97. The Morgan fingerprint density at radius 3 is 2.38 bits per heavy atom. The fraction of sp³-hybridized carbons (Fsp3) is 0.632. The molecule has 1 amide bonds. The van der Waals surface area contributed by atoms with Crippen LogP contribution in [-0.2, 0) is 15.6 Å². The lowest BCUT2D eigenvalue weighted by molar-refractivity contribution is -0.119. The molecule has 5 heteroatoms. The summed E-state index contributed by atoms with van der Waals surface area (Å²) in [5, 5.41) is 3.04. The first kappa shape index (κ1) is 19.0. The topological polar surface area (TPSA) is 55.4 Å². The maximum Gasteiger partial charge on any atom is 0.232 e. The predicted molar refractivity (Wildman–Crippen MR) is 98.9 cm³/mol. The largest absolute Gasteiger partial charge is 0.493 e. The molecule has 24 heavy (non-hydrogen) atoms. The van der Waals surface area contributed by atoms with E-state index in [1.807, 2.05) is 26.0 Å². The van der Waals surface area contributed by atoms with Crippen molar-refractivity contribution in [2.45, 2.75) is 58.4 Å². The minimum atomic E-state index is -1.18. The van der Waals surface area contributed by atoms with Crippen LogP contribution in [0.2, 0.25) is 0 Å². The van der Waals surface area contributed by atoms with Gasteiger partial charge in [-0.25, -0.2) is 0 Å². The molecule has 1 saturated carbocycles. The van der Waals surface area contributed by atoms with Crippen molar-refractivity contribution in [3.05, 3.63) is 29.3 Å². The van der Waals surface area contributed by atoms with E-state index in [0.717, 1.165) is 29.7 Å². The van der Waals surface area contributed by atoms with Crippen LogP contribution < -0.4 is 10.1 Å². The van der Waals surface area contributed by atoms with Crippen molar-refractivity contribution in [1.82, 2.24) is 5.32 Å². The van der Waals surface area contributed by atoms with Crippen molar-refractivity contribution in [1.29, 1.82) is 0 Å². The van der Waals surface area contributed by atoms with Crippen LogP contribution in [0.4, 0.5) is 0 Å². The first-order valence-electron chi connectivity index (χ1n) is 8.88. The number of hydrogen-bond donors (Lipinski definition) is 1. The van der Waals surface area contributed by atoms with Gasteiger partial charge in [0.05, 0.1) is 12.4 Å². The molecule has 1 N–H and O–H groups in total. The van der Waals surface area contributed by atoms with E-state index in [2.05, 4.69) is 11.4 Å².